The van der Waals surface area contributed by atoms with Gasteiger partial charge in [0.2, 0.25) is 0 Å². The molecule has 4 rings (SSSR count). The van der Waals surface area contributed by atoms with Gasteiger partial charge >= 0.3 is 5.97 Å². The van der Waals surface area contributed by atoms with Gasteiger partial charge in [-0.25, -0.2) is 0 Å². The molecule has 2 aliphatic rings. The number of fused-ring (bicyclic) bond motifs is 3. The minimum Gasteiger partial charge on any atom is -0.489 e. The van der Waals surface area contributed by atoms with Gasteiger partial charge in [-0.2, -0.15) is 0 Å². The minimum atomic E-state index is -0.832. The van der Waals surface area contributed by atoms with Gasteiger partial charge in [-0.3, -0.25) is 4.79 Å². The molecule has 0 radical (unpaired) electrons. The van der Waals surface area contributed by atoms with E-state index in [1.54, 1.807) is 6.08 Å². The zero-order valence-electron chi connectivity index (χ0n) is 15.4. The lowest BCUT2D eigenvalue weighted by atomic mass is 9.86. The number of rotatable bonds is 6. The second-order valence-electron chi connectivity index (χ2n) is 7.53. The van der Waals surface area contributed by atoms with E-state index in [1.807, 2.05) is 54.6 Å². The Morgan fingerprint density at radius 2 is 1.96 bits per heavy atom. The van der Waals surface area contributed by atoms with Crippen LogP contribution in [0.1, 0.15) is 41.6 Å². The molecule has 1 aliphatic heterocycles. The van der Waals surface area contributed by atoms with Crippen LogP contribution in [0.25, 0.3) is 0 Å². The third kappa shape index (κ3) is 3.55. The molecule has 0 aromatic heterocycles. The number of hydrogen-bond acceptors (Lipinski definition) is 4. The summed E-state index contributed by atoms with van der Waals surface area (Å²) in [7, 11) is 0. The lowest BCUT2D eigenvalue weighted by molar-refractivity contribution is -0.136. The van der Waals surface area contributed by atoms with Crippen LogP contribution < -0.4 is 4.74 Å². The van der Waals surface area contributed by atoms with E-state index in [4.69, 9.17) is 9.84 Å². The Kier molecular flexibility index (Phi) is 5.20. The first kappa shape index (κ1) is 18.7. The van der Waals surface area contributed by atoms with Crippen LogP contribution in [0, 0.1) is 5.92 Å². The fourth-order valence-corrected chi connectivity index (χ4v) is 4.40. The van der Waals surface area contributed by atoms with E-state index in [0.717, 1.165) is 22.4 Å². The van der Waals surface area contributed by atoms with Gasteiger partial charge in [0.1, 0.15) is 11.9 Å². The van der Waals surface area contributed by atoms with Gasteiger partial charge in [-0.15, -0.1) is 0 Å². The van der Waals surface area contributed by atoms with Crippen LogP contribution in [0.3, 0.4) is 0 Å². The van der Waals surface area contributed by atoms with E-state index >= 15 is 0 Å². The zero-order valence-corrected chi connectivity index (χ0v) is 15.4. The van der Waals surface area contributed by atoms with E-state index in [1.165, 1.54) is 0 Å². The Morgan fingerprint density at radius 3 is 2.71 bits per heavy atom. The van der Waals surface area contributed by atoms with E-state index in [2.05, 4.69) is 0 Å². The Hall–Kier alpha value is -2.63. The maximum atomic E-state index is 10.9. The third-order valence-electron chi connectivity index (χ3n) is 5.75. The Labute approximate surface area is 163 Å². The summed E-state index contributed by atoms with van der Waals surface area (Å²) in [5, 5.41) is 29.9. The van der Waals surface area contributed by atoms with Gasteiger partial charge in [-0.05, 0) is 17.5 Å². The highest BCUT2D eigenvalue weighted by Gasteiger charge is 2.48. The number of carboxylic acid groups (broad SMARTS) is 1. The van der Waals surface area contributed by atoms with E-state index < -0.39 is 18.2 Å². The second-order valence-corrected chi connectivity index (χ2v) is 7.53. The van der Waals surface area contributed by atoms with E-state index in [0.29, 0.717) is 12.8 Å². The number of carbonyl (C=O) groups is 1. The quantitative estimate of drug-likeness (QED) is 0.670. The average molecular weight is 380 g/mol. The van der Waals surface area contributed by atoms with Gasteiger partial charge in [0.05, 0.1) is 12.2 Å². The number of para-hydroxylation sites is 1. The minimum absolute atomic E-state index is 0.00833. The fourth-order valence-electron chi connectivity index (χ4n) is 4.40. The average Bonchev–Trinajstić information content (AvgIpc) is 3.20. The first-order chi connectivity index (χ1) is 13.5. The number of benzene rings is 2. The SMILES string of the molecule is O=C(O)CCc1cccc2c1O[C@H]1C[C@@H](O)C(C=C[C@@H](O)c3ccccc3)[C@@H]21. The van der Waals surface area contributed by atoms with Crippen molar-refractivity contribution in [2.24, 2.45) is 5.92 Å². The number of hydrogen-bond donors (Lipinski definition) is 3. The molecule has 1 heterocycles. The zero-order chi connectivity index (χ0) is 19.7. The van der Waals surface area contributed by atoms with Crippen molar-refractivity contribution in [3.05, 3.63) is 77.4 Å². The number of ether oxygens (including phenoxy) is 1. The molecule has 0 spiro atoms. The molecule has 28 heavy (non-hydrogen) atoms. The number of aliphatic carboxylic acids is 1. The summed E-state index contributed by atoms with van der Waals surface area (Å²) in [6.45, 7) is 0. The van der Waals surface area contributed by atoms with Crippen molar-refractivity contribution in [3.63, 3.8) is 0 Å². The van der Waals surface area contributed by atoms with Crippen molar-refractivity contribution < 1.29 is 24.9 Å². The topological polar surface area (TPSA) is 87.0 Å². The summed E-state index contributed by atoms with van der Waals surface area (Å²) in [5.41, 5.74) is 2.73. The molecule has 146 valence electrons. The first-order valence-electron chi connectivity index (χ1n) is 9.64. The van der Waals surface area contributed by atoms with Crippen LogP contribution in [0.15, 0.2) is 60.7 Å². The van der Waals surface area contributed by atoms with Gasteiger partial charge in [0.15, 0.2) is 0 Å². The largest absolute Gasteiger partial charge is 0.489 e. The summed E-state index contributed by atoms with van der Waals surface area (Å²) in [4.78, 5) is 10.9. The molecular formula is C23H24O5. The number of aliphatic hydroxyl groups is 2. The van der Waals surface area contributed by atoms with Crippen molar-refractivity contribution in [1.82, 2.24) is 0 Å². The van der Waals surface area contributed by atoms with Crippen LogP contribution in [0.2, 0.25) is 0 Å². The molecule has 0 bridgehead atoms. The maximum absolute atomic E-state index is 10.9. The summed E-state index contributed by atoms with van der Waals surface area (Å²) < 4.78 is 6.14. The maximum Gasteiger partial charge on any atom is 0.303 e. The van der Waals surface area contributed by atoms with Crippen LogP contribution in [-0.4, -0.2) is 33.5 Å². The standard InChI is InChI=1S/C23H24O5/c24-18(14-5-2-1-3-6-14)11-10-16-19(25)13-20-22(16)17-8-4-7-15(23(17)28-20)9-12-21(26)27/h1-8,10-11,16,18-20,22,24-25H,9,12-13H2,(H,26,27)/t16?,18-,19-,20+,22+/m1/s1. The Bertz CT molecular complexity index is 876. The molecule has 2 aromatic carbocycles. The molecule has 1 saturated carbocycles. The second kappa shape index (κ2) is 7.78. The molecular weight excluding hydrogens is 356 g/mol. The van der Waals surface area contributed by atoms with Gasteiger partial charge < -0.3 is 20.1 Å². The van der Waals surface area contributed by atoms with Crippen molar-refractivity contribution in [2.75, 3.05) is 0 Å². The normalized spacial score (nSPS) is 26.6. The van der Waals surface area contributed by atoms with Crippen molar-refractivity contribution in [1.29, 1.82) is 0 Å². The first-order valence-corrected chi connectivity index (χ1v) is 9.64. The molecule has 5 atom stereocenters. The highest BCUT2D eigenvalue weighted by Crippen LogP contribution is 2.52. The third-order valence-corrected chi connectivity index (χ3v) is 5.75. The number of carboxylic acids is 1. The van der Waals surface area contributed by atoms with Gasteiger partial charge in [0, 0.05) is 30.2 Å². The monoisotopic (exact) mass is 380 g/mol. The summed E-state index contributed by atoms with van der Waals surface area (Å²) in [6.07, 6.45) is 3.25. The molecule has 1 unspecified atom stereocenters. The molecule has 0 amide bonds. The highest BCUT2D eigenvalue weighted by molar-refractivity contribution is 5.67. The van der Waals surface area contributed by atoms with Crippen molar-refractivity contribution >= 4 is 5.97 Å². The molecule has 5 heteroatoms. The molecule has 0 saturated heterocycles. The molecule has 2 aromatic rings. The van der Waals surface area contributed by atoms with E-state index in [-0.39, 0.29) is 24.4 Å². The lowest BCUT2D eigenvalue weighted by Crippen LogP contribution is -2.16. The fraction of sp³-hybridized carbons (Fsp3) is 0.348. The van der Waals surface area contributed by atoms with Gasteiger partial charge in [0.25, 0.3) is 0 Å². The predicted molar refractivity (Wildman–Crippen MR) is 104 cm³/mol. The smallest absolute Gasteiger partial charge is 0.303 e. The molecule has 5 nitrogen and oxygen atoms in total. The number of aryl methyl sites for hydroxylation is 1. The number of aliphatic hydroxyl groups excluding tert-OH is 2. The lowest BCUT2D eigenvalue weighted by Gasteiger charge is -2.18. The molecule has 3 N–H and O–H groups in total. The van der Waals surface area contributed by atoms with Crippen molar-refractivity contribution in [3.8, 4) is 5.75 Å². The highest BCUT2D eigenvalue weighted by atomic mass is 16.5. The van der Waals surface area contributed by atoms with Crippen molar-refractivity contribution in [2.45, 2.75) is 43.5 Å². The van der Waals surface area contributed by atoms with Crippen LogP contribution in [0.5, 0.6) is 5.75 Å². The molecule has 1 fully saturated rings. The van der Waals surface area contributed by atoms with Crippen LogP contribution in [-0.2, 0) is 11.2 Å². The summed E-state index contributed by atoms with van der Waals surface area (Å²) >= 11 is 0. The Balaban J connectivity index is 1.57. The molecule has 1 aliphatic carbocycles. The van der Waals surface area contributed by atoms with Gasteiger partial charge in [-0.1, -0.05) is 60.7 Å². The predicted octanol–water partition coefficient (Wildman–Crippen LogP) is 3.22. The Morgan fingerprint density at radius 1 is 1.18 bits per heavy atom. The van der Waals surface area contributed by atoms with Crippen LogP contribution >= 0.6 is 0 Å². The summed E-state index contributed by atoms with van der Waals surface area (Å²) in [6, 6.07) is 15.2. The van der Waals surface area contributed by atoms with Crippen LogP contribution in [0.4, 0.5) is 0 Å². The summed E-state index contributed by atoms with van der Waals surface area (Å²) in [5.74, 6) is -0.206. The van der Waals surface area contributed by atoms with E-state index in [9.17, 15) is 15.0 Å².